The van der Waals surface area contributed by atoms with E-state index in [2.05, 4.69) is 5.32 Å². The second-order valence-electron chi connectivity index (χ2n) is 4.82. The summed E-state index contributed by atoms with van der Waals surface area (Å²) in [5.41, 5.74) is 3.26. The third kappa shape index (κ3) is 4.66. The predicted molar refractivity (Wildman–Crippen MR) is 80.9 cm³/mol. The fourth-order valence-corrected chi connectivity index (χ4v) is 2.01. The van der Waals surface area contributed by atoms with Crippen molar-refractivity contribution in [1.29, 1.82) is 0 Å². The van der Waals surface area contributed by atoms with Crippen molar-refractivity contribution < 1.29 is 10.0 Å². The van der Waals surface area contributed by atoms with E-state index in [1.54, 1.807) is 12.1 Å². The molecule has 0 aliphatic carbocycles. The molecule has 2 N–H and O–H groups in total. The van der Waals surface area contributed by atoms with Crippen molar-refractivity contribution >= 4 is 5.69 Å². The normalized spacial score (nSPS) is 10.5. The van der Waals surface area contributed by atoms with E-state index in [4.69, 9.17) is 5.11 Å². The molecule has 0 unspecified atom stereocenters. The van der Waals surface area contributed by atoms with E-state index in [1.165, 1.54) is 17.7 Å². The Bertz CT molecular complexity index is 579. The summed E-state index contributed by atoms with van der Waals surface area (Å²) in [6.45, 7) is 1.58. The van der Waals surface area contributed by atoms with Crippen LogP contribution in [-0.2, 0) is 19.6 Å². The van der Waals surface area contributed by atoms with Gasteiger partial charge in [-0.05, 0) is 29.7 Å². The standard InChI is InChI=1S/C16H18N2O3/c19-12-15-3-1-13(2-4-15)9-10-17-11-14-5-7-16(8-6-14)18(20)21/h1-8,17,19H,9-12H2. The van der Waals surface area contributed by atoms with Crippen molar-refractivity contribution in [2.45, 2.75) is 19.6 Å². The molecular weight excluding hydrogens is 268 g/mol. The highest BCUT2D eigenvalue weighted by Crippen LogP contribution is 2.11. The lowest BCUT2D eigenvalue weighted by Crippen LogP contribution is -2.16. The molecule has 0 heterocycles. The Balaban J connectivity index is 1.74. The van der Waals surface area contributed by atoms with Crippen molar-refractivity contribution in [3.8, 4) is 0 Å². The van der Waals surface area contributed by atoms with Gasteiger partial charge in [0.2, 0.25) is 0 Å². The first kappa shape index (κ1) is 15.2. The molecule has 2 aromatic carbocycles. The van der Waals surface area contributed by atoms with Gasteiger partial charge in [0, 0.05) is 18.7 Å². The first-order valence-electron chi connectivity index (χ1n) is 6.82. The summed E-state index contributed by atoms with van der Waals surface area (Å²) in [4.78, 5) is 10.2. The number of nitro benzene ring substituents is 1. The summed E-state index contributed by atoms with van der Waals surface area (Å²) in [6, 6.07) is 14.4. The van der Waals surface area contributed by atoms with E-state index < -0.39 is 4.92 Å². The molecule has 5 heteroatoms. The van der Waals surface area contributed by atoms with Gasteiger partial charge in [-0.3, -0.25) is 10.1 Å². The number of aliphatic hydroxyl groups excluding tert-OH is 1. The lowest BCUT2D eigenvalue weighted by molar-refractivity contribution is -0.384. The first-order valence-corrected chi connectivity index (χ1v) is 6.82. The second-order valence-corrected chi connectivity index (χ2v) is 4.82. The average molecular weight is 286 g/mol. The molecule has 2 aromatic rings. The van der Waals surface area contributed by atoms with Crippen molar-refractivity contribution in [1.82, 2.24) is 5.32 Å². The van der Waals surface area contributed by atoms with Gasteiger partial charge in [0.15, 0.2) is 0 Å². The minimum absolute atomic E-state index is 0.0681. The maximum absolute atomic E-state index is 10.5. The third-order valence-corrected chi connectivity index (χ3v) is 3.27. The zero-order valence-electron chi connectivity index (χ0n) is 11.7. The van der Waals surface area contributed by atoms with Crippen LogP contribution in [0.25, 0.3) is 0 Å². The Labute approximate surface area is 123 Å². The molecule has 5 nitrogen and oxygen atoms in total. The van der Waals surface area contributed by atoms with Gasteiger partial charge in [-0.2, -0.15) is 0 Å². The van der Waals surface area contributed by atoms with E-state index in [0.717, 1.165) is 24.1 Å². The Morgan fingerprint density at radius 2 is 1.52 bits per heavy atom. The molecule has 2 rings (SSSR count). The molecule has 0 aliphatic heterocycles. The highest BCUT2D eigenvalue weighted by Gasteiger charge is 2.03. The van der Waals surface area contributed by atoms with Gasteiger partial charge in [-0.15, -0.1) is 0 Å². The van der Waals surface area contributed by atoms with E-state index in [0.29, 0.717) is 6.54 Å². The minimum Gasteiger partial charge on any atom is -0.392 e. The summed E-state index contributed by atoms with van der Waals surface area (Å²) in [7, 11) is 0. The van der Waals surface area contributed by atoms with E-state index in [9.17, 15) is 10.1 Å². The van der Waals surface area contributed by atoms with Gasteiger partial charge < -0.3 is 10.4 Å². The summed E-state index contributed by atoms with van der Waals surface area (Å²) >= 11 is 0. The van der Waals surface area contributed by atoms with Crippen LogP contribution >= 0.6 is 0 Å². The Hall–Kier alpha value is -2.24. The molecule has 0 fully saturated rings. The van der Waals surface area contributed by atoms with E-state index in [-0.39, 0.29) is 12.3 Å². The number of nitrogens with zero attached hydrogens (tertiary/aromatic N) is 1. The summed E-state index contributed by atoms with van der Waals surface area (Å²) in [5, 5.41) is 22.8. The zero-order chi connectivity index (χ0) is 15.1. The molecule has 0 saturated heterocycles. The fourth-order valence-electron chi connectivity index (χ4n) is 2.01. The smallest absolute Gasteiger partial charge is 0.269 e. The van der Waals surface area contributed by atoms with E-state index >= 15 is 0 Å². The van der Waals surface area contributed by atoms with Crippen molar-refractivity contribution in [3.63, 3.8) is 0 Å². The number of nitrogens with one attached hydrogen (secondary N) is 1. The van der Waals surface area contributed by atoms with Crippen molar-refractivity contribution in [2.24, 2.45) is 0 Å². The molecule has 21 heavy (non-hydrogen) atoms. The van der Waals surface area contributed by atoms with E-state index in [1.807, 2.05) is 24.3 Å². The average Bonchev–Trinajstić information content (AvgIpc) is 2.52. The number of hydrogen-bond donors (Lipinski definition) is 2. The monoisotopic (exact) mass is 286 g/mol. The lowest BCUT2D eigenvalue weighted by Gasteiger charge is -2.06. The van der Waals surface area contributed by atoms with Crippen LogP contribution in [-0.4, -0.2) is 16.6 Å². The maximum atomic E-state index is 10.5. The maximum Gasteiger partial charge on any atom is 0.269 e. The zero-order valence-corrected chi connectivity index (χ0v) is 11.7. The Kier molecular flexibility index (Phi) is 5.43. The number of benzene rings is 2. The molecule has 0 aromatic heterocycles. The minimum atomic E-state index is -0.396. The largest absolute Gasteiger partial charge is 0.392 e. The molecule has 0 radical (unpaired) electrons. The first-order chi connectivity index (χ1) is 10.2. The Morgan fingerprint density at radius 3 is 2.10 bits per heavy atom. The van der Waals surface area contributed by atoms with Crippen molar-refractivity contribution in [3.05, 3.63) is 75.3 Å². The van der Waals surface area contributed by atoms with Gasteiger partial charge in [0.25, 0.3) is 5.69 Å². The third-order valence-electron chi connectivity index (χ3n) is 3.27. The molecule has 0 saturated carbocycles. The van der Waals surface area contributed by atoms with Crippen LogP contribution in [0.4, 0.5) is 5.69 Å². The molecule has 0 atom stereocenters. The van der Waals surface area contributed by atoms with Crippen LogP contribution in [0.3, 0.4) is 0 Å². The summed E-state index contributed by atoms with van der Waals surface area (Å²) < 4.78 is 0. The van der Waals surface area contributed by atoms with Gasteiger partial charge in [-0.25, -0.2) is 0 Å². The molecule has 0 amide bonds. The molecule has 110 valence electrons. The lowest BCUT2D eigenvalue weighted by atomic mass is 10.1. The van der Waals surface area contributed by atoms with Crippen LogP contribution in [0, 0.1) is 10.1 Å². The van der Waals surface area contributed by atoms with Gasteiger partial charge in [0.1, 0.15) is 0 Å². The topological polar surface area (TPSA) is 75.4 Å². The highest BCUT2D eigenvalue weighted by molar-refractivity contribution is 5.32. The van der Waals surface area contributed by atoms with Crippen molar-refractivity contribution in [2.75, 3.05) is 6.54 Å². The fraction of sp³-hybridized carbons (Fsp3) is 0.250. The van der Waals surface area contributed by atoms with Crippen LogP contribution in [0.15, 0.2) is 48.5 Å². The Morgan fingerprint density at radius 1 is 0.952 bits per heavy atom. The van der Waals surface area contributed by atoms with Gasteiger partial charge in [-0.1, -0.05) is 36.4 Å². The molecule has 0 spiro atoms. The van der Waals surface area contributed by atoms with Crippen LogP contribution < -0.4 is 5.32 Å². The number of hydrogen-bond acceptors (Lipinski definition) is 4. The van der Waals surface area contributed by atoms with Gasteiger partial charge >= 0.3 is 0 Å². The molecule has 0 bridgehead atoms. The highest BCUT2D eigenvalue weighted by atomic mass is 16.6. The number of aliphatic hydroxyl groups is 1. The van der Waals surface area contributed by atoms with Crippen LogP contribution in [0.1, 0.15) is 16.7 Å². The quantitative estimate of drug-likeness (QED) is 0.465. The van der Waals surface area contributed by atoms with Crippen LogP contribution in [0.2, 0.25) is 0 Å². The number of rotatable bonds is 7. The number of non-ortho nitro benzene ring substituents is 1. The van der Waals surface area contributed by atoms with Gasteiger partial charge in [0.05, 0.1) is 11.5 Å². The number of nitro groups is 1. The summed E-state index contributed by atoms with van der Waals surface area (Å²) in [5.74, 6) is 0. The summed E-state index contributed by atoms with van der Waals surface area (Å²) in [6.07, 6.45) is 0.901. The van der Waals surface area contributed by atoms with Crippen LogP contribution in [0.5, 0.6) is 0 Å². The molecular formula is C16H18N2O3. The SMILES string of the molecule is O=[N+]([O-])c1ccc(CNCCc2ccc(CO)cc2)cc1. The second kappa shape index (κ2) is 7.52. The molecule has 0 aliphatic rings. The predicted octanol–water partition coefficient (Wildman–Crippen LogP) is 2.42.